The number of rotatable bonds is 7. The monoisotopic (exact) mass is 743 g/mol. The van der Waals surface area contributed by atoms with E-state index in [2.05, 4.69) is 115 Å². The van der Waals surface area contributed by atoms with Gasteiger partial charge < -0.3 is 9.32 Å². The molecule has 0 radical (unpaired) electrons. The van der Waals surface area contributed by atoms with Gasteiger partial charge in [0.15, 0.2) is 0 Å². The molecule has 0 aliphatic heterocycles. The Labute approximate surface area is 343 Å². The highest BCUT2D eigenvalue weighted by Gasteiger charge is 2.21. The van der Waals surface area contributed by atoms with Gasteiger partial charge in [0.1, 0.15) is 11.2 Å². The van der Waals surface area contributed by atoms with E-state index >= 15 is 0 Å². The second-order valence-electron chi connectivity index (χ2n) is 14.5. The molecule has 0 N–H and O–H groups in total. The van der Waals surface area contributed by atoms with Crippen LogP contribution in [0.25, 0.3) is 88.0 Å². The third-order valence-corrected chi connectivity index (χ3v) is 11.1. The van der Waals surface area contributed by atoms with Gasteiger partial charge in [-0.3, -0.25) is 0 Å². The van der Waals surface area contributed by atoms with Crippen molar-refractivity contribution in [1.82, 2.24) is 0 Å². The minimum Gasteiger partial charge on any atom is -0.456 e. The molecule has 1 aromatic heterocycles. The summed E-state index contributed by atoms with van der Waals surface area (Å²) in [5, 5.41) is 6.43. The highest BCUT2D eigenvalue weighted by molar-refractivity contribution is 6.22. The molecule has 10 aromatic carbocycles. The van der Waals surface area contributed by atoms with Crippen LogP contribution < -0.4 is 4.90 Å². The molecule has 0 atom stereocenters. The van der Waals surface area contributed by atoms with Gasteiger partial charge in [-0.2, -0.15) is 0 Å². The summed E-state index contributed by atoms with van der Waals surface area (Å²) >= 11 is 0. The Morgan fingerprint density at radius 3 is 1.53 bits per heavy atom. The Bertz CT molecular complexity index is 3460. The van der Waals surface area contributed by atoms with E-state index in [-0.39, 0.29) is 35.4 Å². The van der Waals surface area contributed by atoms with Crippen molar-refractivity contribution in [2.45, 2.75) is 0 Å². The lowest BCUT2D eigenvalue weighted by Crippen LogP contribution is -2.10. The van der Waals surface area contributed by atoms with E-state index in [1.807, 2.05) is 89.8 Å². The van der Waals surface area contributed by atoms with Gasteiger partial charge in [-0.25, -0.2) is 0 Å². The third-order valence-electron chi connectivity index (χ3n) is 11.1. The zero-order chi connectivity index (χ0) is 41.9. The molecular weight excluding hydrogens is 703 g/mol. The zero-order valence-electron chi connectivity index (χ0n) is 35.4. The lowest BCUT2D eigenvalue weighted by Gasteiger charge is -2.26. The van der Waals surface area contributed by atoms with Crippen molar-refractivity contribution in [1.29, 1.82) is 0 Å². The van der Waals surface area contributed by atoms with Crippen LogP contribution >= 0.6 is 0 Å². The number of hydrogen-bond donors (Lipinski definition) is 0. The van der Waals surface area contributed by atoms with E-state index in [1.54, 1.807) is 0 Å². The standard InChI is InChI=1S/C56H37NO/c1-4-15-38(16-5-1)39-27-32-44(33-28-39)57(51-24-14-26-53-56(51)49-23-12-13-25-52(49)58-53)45-34-29-40(30-35-45)43-31-36-47-46-21-10-11-22-48(46)54(41-17-6-2-7-18-41)55(50(47)37-43)42-19-8-3-9-20-42/h1-37H/i27D,28D,32D,33D. The quantitative estimate of drug-likeness (QED) is 0.151. The average Bonchev–Trinajstić information content (AvgIpc) is 3.72. The molecule has 0 bridgehead atoms. The predicted octanol–water partition coefficient (Wildman–Crippen LogP) is 16.0. The van der Waals surface area contributed by atoms with Gasteiger partial charge in [0.05, 0.1) is 16.6 Å². The van der Waals surface area contributed by atoms with Crippen LogP contribution in [0.2, 0.25) is 0 Å². The molecule has 2 heteroatoms. The summed E-state index contributed by atoms with van der Waals surface area (Å²) in [6.45, 7) is 0. The summed E-state index contributed by atoms with van der Waals surface area (Å²) in [6.07, 6.45) is 0. The molecule has 0 saturated heterocycles. The lowest BCUT2D eigenvalue weighted by atomic mass is 9.84. The lowest BCUT2D eigenvalue weighted by molar-refractivity contribution is 0.669. The van der Waals surface area contributed by atoms with Gasteiger partial charge in [0, 0.05) is 16.8 Å². The summed E-state index contributed by atoms with van der Waals surface area (Å²) in [7, 11) is 0. The van der Waals surface area contributed by atoms with Gasteiger partial charge in [-0.1, -0.05) is 176 Å². The van der Waals surface area contributed by atoms with Gasteiger partial charge in [0.25, 0.3) is 0 Å². The van der Waals surface area contributed by atoms with Gasteiger partial charge >= 0.3 is 0 Å². The van der Waals surface area contributed by atoms with Crippen LogP contribution in [-0.4, -0.2) is 0 Å². The second-order valence-corrected chi connectivity index (χ2v) is 14.5. The van der Waals surface area contributed by atoms with Crippen LogP contribution in [0.3, 0.4) is 0 Å². The molecular formula is C56H37NO. The highest BCUT2D eigenvalue weighted by atomic mass is 16.3. The minimum atomic E-state index is -0.136. The van der Waals surface area contributed by atoms with Crippen molar-refractivity contribution in [3.05, 3.63) is 224 Å². The Morgan fingerprint density at radius 2 is 0.845 bits per heavy atom. The third kappa shape index (κ3) is 5.74. The molecule has 0 aliphatic rings. The second kappa shape index (κ2) is 14.1. The van der Waals surface area contributed by atoms with Crippen molar-refractivity contribution in [3.63, 3.8) is 0 Å². The van der Waals surface area contributed by atoms with Gasteiger partial charge in [-0.15, -0.1) is 0 Å². The molecule has 0 fully saturated rings. The molecule has 0 amide bonds. The van der Waals surface area contributed by atoms with E-state index in [0.29, 0.717) is 22.5 Å². The molecule has 11 aromatic rings. The van der Waals surface area contributed by atoms with Crippen LogP contribution in [0, 0.1) is 0 Å². The number of furan rings is 1. The zero-order valence-corrected chi connectivity index (χ0v) is 31.4. The Balaban J connectivity index is 1.12. The van der Waals surface area contributed by atoms with Crippen molar-refractivity contribution in [3.8, 4) is 44.5 Å². The maximum absolute atomic E-state index is 9.51. The molecule has 2 nitrogen and oxygen atoms in total. The highest BCUT2D eigenvalue weighted by Crippen LogP contribution is 2.47. The number of benzene rings is 10. The molecule has 58 heavy (non-hydrogen) atoms. The van der Waals surface area contributed by atoms with E-state index in [9.17, 15) is 5.48 Å². The number of hydrogen-bond acceptors (Lipinski definition) is 2. The number of nitrogens with zero attached hydrogens (tertiary/aromatic N) is 1. The van der Waals surface area contributed by atoms with Crippen LogP contribution in [0.1, 0.15) is 5.48 Å². The fourth-order valence-electron chi connectivity index (χ4n) is 8.48. The minimum absolute atomic E-state index is 0.106. The smallest absolute Gasteiger partial charge is 0.137 e. The number of para-hydroxylation sites is 1. The van der Waals surface area contributed by atoms with E-state index < -0.39 is 0 Å². The van der Waals surface area contributed by atoms with Crippen molar-refractivity contribution >= 4 is 60.5 Å². The normalized spacial score (nSPS) is 12.4. The number of anilines is 3. The first-order valence-corrected chi connectivity index (χ1v) is 19.5. The first-order valence-electron chi connectivity index (χ1n) is 21.5. The molecule has 0 spiro atoms. The topological polar surface area (TPSA) is 16.4 Å². The summed E-state index contributed by atoms with van der Waals surface area (Å²) in [5.41, 5.74) is 10.5. The maximum Gasteiger partial charge on any atom is 0.137 e. The van der Waals surface area contributed by atoms with Crippen LogP contribution in [0.15, 0.2) is 229 Å². The average molecular weight is 744 g/mol. The first kappa shape index (κ1) is 29.6. The largest absolute Gasteiger partial charge is 0.456 e. The fraction of sp³-hybridized carbons (Fsp3) is 0. The summed E-state index contributed by atoms with van der Waals surface area (Å²) in [4.78, 5) is 1.86. The predicted molar refractivity (Wildman–Crippen MR) is 245 cm³/mol. The molecule has 0 saturated carbocycles. The SMILES string of the molecule is [2H]c1c([2H])c(N(c2ccc(-c3ccc4c(c3)c(-c3ccccc3)c(-c3ccccc3)c3ccccc34)cc2)c2cccc3oc4ccccc4c23)c([2H])c([2H])c1-c1ccccc1. The molecule has 0 aliphatic carbocycles. The van der Waals surface area contributed by atoms with Crippen molar-refractivity contribution in [2.75, 3.05) is 4.90 Å². The van der Waals surface area contributed by atoms with Gasteiger partial charge in [0.2, 0.25) is 0 Å². The number of fused-ring (bicyclic) bond motifs is 6. The fourth-order valence-corrected chi connectivity index (χ4v) is 8.48. The van der Waals surface area contributed by atoms with Crippen molar-refractivity contribution < 1.29 is 9.90 Å². The van der Waals surface area contributed by atoms with Crippen LogP contribution in [-0.2, 0) is 0 Å². The summed E-state index contributed by atoms with van der Waals surface area (Å²) in [6, 6.07) is 67.1. The van der Waals surface area contributed by atoms with E-state index in [1.165, 1.54) is 27.3 Å². The van der Waals surface area contributed by atoms with Crippen LogP contribution in [0.4, 0.5) is 17.1 Å². The van der Waals surface area contributed by atoms with E-state index in [0.717, 1.165) is 44.0 Å². The summed E-state index contributed by atoms with van der Waals surface area (Å²) in [5.74, 6) is 0. The Morgan fingerprint density at radius 1 is 0.328 bits per heavy atom. The maximum atomic E-state index is 9.51. The molecule has 11 rings (SSSR count). The van der Waals surface area contributed by atoms with Gasteiger partial charge in [-0.05, 0) is 115 Å². The first-order chi connectivity index (χ1) is 30.5. The molecule has 272 valence electrons. The Kier molecular flexibility index (Phi) is 7.20. The van der Waals surface area contributed by atoms with Crippen molar-refractivity contribution in [2.24, 2.45) is 0 Å². The van der Waals surface area contributed by atoms with Crippen LogP contribution in [0.5, 0.6) is 0 Å². The Hall–Kier alpha value is -7.68. The molecule has 0 unspecified atom stereocenters. The summed E-state index contributed by atoms with van der Waals surface area (Å²) < 4.78 is 43.9. The van der Waals surface area contributed by atoms with E-state index in [4.69, 9.17) is 4.42 Å². The molecule has 1 heterocycles.